The van der Waals surface area contributed by atoms with Crippen LogP contribution in [0.5, 0.6) is 11.8 Å². The van der Waals surface area contributed by atoms with Gasteiger partial charge in [0.25, 0.3) is 0 Å². The Labute approximate surface area is 528 Å². The first-order valence-corrected chi connectivity index (χ1v) is 30.7. The summed E-state index contributed by atoms with van der Waals surface area (Å²) in [4.78, 5) is 47.0. The third-order valence-corrected chi connectivity index (χ3v) is 18.2. The van der Waals surface area contributed by atoms with Gasteiger partial charge in [0.05, 0.1) is 92.1 Å². The zero-order valence-corrected chi connectivity index (χ0v) is 49.9. The summed E-state index contributed by atoms with van der Waals surface area (Å²) >= 11 is 0. The highest BCUT2D eigenvalue weighted by molar-refractivity contribution is 6.05. The van der Waals surface area contributed by atoms with E-state index in [9.17, 15) is 18.4 Å². The summed E-state index contributed by atoms with van der Waals surface area (Å²) in [6.45, 7) is 1.24. The maximum Gasteiger partial charge on any atom is 0.346 e. The third-order valence-electron chi connectivity index (χ3n) is 18.2. The van der Waals surface area contributed by atoms with Gasteiger partial charge in [-0.1, -0.05) is 24.3 Å². The molecule has 468 valence electrons. The Hall–Kier alpha value is -10.2. The minimum absolute atomic E-state index is 0.00343. The molecule has 0 radical (unpaired) electrons. The molecule has 93 heavy (non-hydrogen) atoms. The van der Waals surface area contributed by atoms with E-state index < -0.39 is 58.0 Å². The summed E-state index contributed by atoms with van der Waals surface area (Å²) in [6.07, 6.45) is 6.65. The molecule has 2 aliphatic heterocycles. The summed E-state index contributed by atoms with van der Waals surface area (Å²) in [5.74, 6) is -4.88. The van der Waals surface area contributed by atoms with Crippen LogP contribution in [-0.2, 0) is 53.4 Å². The van der Waals surface area contributed by atoms with E-state index in [1.165, 1.54) is 60.7 Å². The number of pyridine rings is 2. The molecule has 4 fully saturated rings. The van der Waals surface area contributed by atoms with Crippen LogP contribution in [0.1, 0.15) is 117 Å². The first kappa shape index (κ1) is 60.3. The van der Waals surface area contributed by atoms with Gasteiger partial charge >= 0.3 is 11.9 Å². The predicted octanol–water partition coefficient (Wildman–Crippen LogP) is 14.3. The van der Waals surface area contributed by atoms with E-state index in [0.29, 0.717) is 60.0 Å². The molecule has 2 saturated heterocycles. The van der Waals surface area contributed by atoms with Crippen molar-refractivity contribution in [1.82, 2.24) is 29.1 Å². The molecule has 6 heterocycles. The average molecular weight is 1260 g/mol. The van der Waals surface area contributed by atoms with Gasteiger partial charge in [0.2, 0.25) is 11.8 Å². The van der Waals surface area contributed by atoms with Gasteiger partial charge in [0.1, 0.15) is 59.8 Å². The lowest BCUT2D eigenvalue weighted by molar-refractivity contribution is -0.0279. The predicted molar refractivity (Wildman–Crippen MR) is 326 cm³/mol. The van der Waals surface area contributed by atoms with Crippen molar-refractivity contribution < 1.29 is 59.6 Å². The van der Waals surface area contributed by atoms with Gasteiger partial charge in [-0.25, -0.2) is 55.9 Å². The SMILES string of the molecule is N#Cc1ccc(COc2cccc(-c3cc(F)c(Cc4nc5ccc(C(=O)OC(=O)c6ccc7nc(Cc8cc(F)c(-c9cccc(OCc%10ccc(C#N)cc%10F)n9)cc8F)n(CC8(C9CC9)CCCO8)c7c6)cc5n4CC4(C5CC5)CCCO4)cc3F)n2)c(F)c1. The van der Waals surface area contributed by atoms with Gasteiger partial charge in [-0.05, 0) is 171 Å². The number of imidazole rings is 2. The highest BCUT2D eigenvalue weighted by Gasteiger charge is 2.50. The molecule has 4 aliphatic rings. The van der Waals surface area contributed by atoms with Gasteiger partial charge < -0.3 is 32.8 Å². The van der Waals surface area contributed by atoms with Crippen LogP contribution in [0.25, 0.3) is 44.6 Å². The Kier molecular flexibility index (Phi) is 16.1. The number of esters is 2. The van der Waals surface area contributed by atoms with Crippen LogP contribution < -0.4 is 9.47 Å². The third kappa shape index (κ3) is 12.3. The fourth-order valence-electron chi connectivity index (χ4n) is 13.0. The molecule has 2 atom stereocenters. The minimum atomic E-state index is -0.964. The molecule has 15 nitrogen and oxygen atoms in total. The van der Waals surface area contributed by atoms with Crippen LogP contribution in [-0.4, -0.2) is 65.4 Å². The van der Waals surface area contributed by atoms with Crippen molar-refractivity contribution in [2.45, 2.75) is 102 Å². The Morgan fingerprint density at radius 3 is 1.32 bits per heavy atom. The summed E-state index contributed by atoms with van der Waals surface area (Å²) in [5, 5.41) is 18.2. The fourth-order valence-corrected chi connectivity index (χ4v) is 13.0. The summed E-state index contributed by atoms with van der Waals surface area (Å²) in [7, 11) is 0. The molecule has 0 bridgehead atoms. The van der Waals surface area contributed by atoms with Crippen LogP contribution >= 0.6 is 0 Å². The van der Waals surface area contributed by atoms with Crippen molar-refractivity contribution in [2.75, 3.05) is 13.2 Å². The molecule has 0 amide bonds. The highest BCUT2D eigenvalue weighted by atomic mass is 19.1. The molecule has 10 aromatic rings. The maximum absolute atomic E-state index is 16.4. The van der Waals surface area contributed by atoms with Crippen molar-refractivity contribution in [2.24, 2.45) is 11.8 Å². The largest absolute Gasteiger partial charge is 0.473 e. The van der Waals surface area contributed by atoms with Crippen molar-refractivity contribution >= 4 is 34.0 Å². The van der Waals surface area contributed by atoms with Crippen LogP contribution in [0.15, 0.2) is 133 Å². The average Bonchev–Trinajstić information content (AvgIpc) is 1.64. The Bertz CT molecular complexity index is 4430. The first-order chi connectivity index (χ1) is 45.1. The van der Waals surface area contributed by atoms with E-state index in [1.807, 2.05) is 21.3 Å². The summed E-state index contributed by atoms with van der Waals surface area (Å²) in [6, 6.07) is 34.4. The van der Waals surface area contributed by atoms with Crippen molar-refractivity contribution in [3.8, 4) is 46.4 Å². The zero-order chi connectivity index (χ0) is 64.1. The normalized spacial score (nSPS) is 17.8. The number of aromatic nitrogens is 6. The second-order valence-corrected chi connectivity index (χ2v) is 24.2. The van der Waals surface area contributed by atoms with E-state index in [0.717, 1.165) is 87.8 Å². The van der Waals surface area contributed by atoms with Crippen LogP contribution in [0, 0.1) is 69.4 Å². The summed E-state index contributed by atoms with van der Waals surface area (Å²) in [5.41, 5.74) is 1.26. The lowest BCUT2D eigenvalue weighted by atomic mass is 9.93. The van der Waals surface area contributed by atoms with Crippen molar-refractivity contribution in [1.29, 1.82) is 10.5 Å². The number of ether oxygens (including phenoxy) is 5. The Morgan fingerprint density at radius 2 is 0.935 bits per heavy atom. The molecule has 2 aliphatic carbocycles. The molecular formula is C72H56F6N8O7. The second-order valence-electron chi connectivity index (χ2n) is 24.2. The van der Waals surface area contributed by atoms with Crippen molar-refractivity contribution in [3.05, 3.63) is 225 Å². The number of hydrogen-bond acceptors (Lipinski definition) is 13. The molecular weight excluding hydrogens is 1200 g/mol. The Balaban J connectivity index is 0.721. The number of carbonyl (C=O) groups is 2. The van der Waals surface area contributed by atoms with Gasteiger partial charge in [-0.15, -0.1) is 0 Å². The van der Waals surface area contributed by atoms with Crippen LogP contribution in [0.3, 0.4) is 0 Å². The number of nitriles is 2. The quantitative estimate of drug-likeness (QED) is 0.0398. The highest BCUT2D eigenvalue weighted by Crippen LogP contribution is 2.50. The van der Waals surface area contributed by atoms with Gasteiger partial charge in [-0.2, -0.15) is 10.5 Å². The van der Waals surface area contributed by atoms with Crippen LogP contribution in [0.4, 0.5) is 26.3 Å². The molecule has 4 aromatic heterocycles. The number of benzene rings is 6. The van der Waals surface area contributed by atoms with E-state index in [4.69, 9.17) is 44.2 Å². The number of fused-ring (bicyclic) bond motifs is 2. The lowest BCUT2D eigenvalue weighted by Crippen LogP contribution is -2.36. The molecule has 2 saturated carbocycles. The number of halogens is 6. The Morgan fingerprint density at radius 1 is 0.505 bits per heavy atom. The first-order valence-electron chi connectivity index (χ1n) is 30.7. The molecule has 0 N–H and O–H groups in total. The van der Waals surface area contributed by atoms with Gasteiger partial charge in [-0.3, -0.25) is 0 Å². The fraction of sp³-hybridized carbons (Fsp3) is 0.278. The van der Waals surface area contributed by atoms with Crippen LogP contribution in [0.2, 0.25) is 0 Å². The van der Waals surface area contributed by atoms with Gasteiger partial charge in [0, 0.05) is 60.4 Å². The van der Waals surface area contributed by atoms with E-state index in [1.54, 1.807) is 36.4 Å². The lowest BCUT2D eigenvalue weighted by Gasteiger charge is -2.30. The maximum atomic E-state index is 16.4. The smallest absolute Gasteiger partial charge is 0.346 e. The molecule has 21 heteroatoms. The molecule has 6 aromatic carbocycles. The number of hydrogen-bond donors (Lipinski definition) is 0. The zero-order valence-electron chi connectivity index (χ0n) is 49.9. The van der Waals surface area contributed by atoms with E-state index in [2.05, 4.69) is 9.97 Å². The standard InChI is InChI=1S/C72H56F6N8O7/c73-53-25-41(35-79)9-11-45(53)37-89-67-7-1-5-59(83-67)51-33-55(75)47(27-57(51)77)31-65-81-61-19-13-43(29-63(61)85(65)39-71(49-15-16-49)21-3-23-91-71)69(87)93-70(88)44-14-20-62-64(30-44)86(40-72(50-17-18-50)22-4-24-92-72)66(82-62)32-48-28-58(78)52(34-56(48)76)60-6-2-8-68(84-60)90-38-46-12-10-42(36-80)26-54(46)74/h1-2,5-14,19-20,25-30,33-34,49-50H,3-4,15-18,21-24,31-32,37-40H2. The molecule has 0 spiro atoms. The minimum Gasteiger partial charge on any atom is -0.473 e. The van der Waals surface area contributed by atoms with E-state index >= 15 is 17.6 Å². The number of carbonyl (C=O) groups excluding carboxylic acids is 2. The topological polar surface area (TPSA) is 189 Å². The van der Waals surface area contributed by atoms with E-state index in [-0.39, 0.29) is 117 Å². The monoisotopic (exact) mass is 1260 g/mol. The number of rotatable bonds is 20. The molecule has 2 unspecified atom stereocenters. The molecule has 14 rings (SSSR count). The summed E-state index contributed by atoms with van der Waals surface area (Å²) < 4.78 is 128. The second kappa shape index (κ2) is 24.8. The number of nitrogens with zero attached hydrogens (tertiary/aromatic N) is 8. The van der Waals surface area contributed by atoms with Crippen molar-refractivity contribution in [3.63, 3.8) is 0 Å². The van der Waals surface area contributed by atoms with Gasteiger partial charge in [0.15, 0.2) is 0 Å².